The molecule has 0 radical (unpaired) electrons. The number of fused-ring (bicyclic) bond motifs is 1. The summed E-state index contributed by atoms with van der Waals surface area (Å²) in [6, 6.07) is 0.974. The fourth-order valence-electron chi connectivity index (χ4n) is 1.22. The van der Waals surface area contributed by atoms with E-state index in [0.29, 0.717) is 5.65 Å². The van der Waals surface area contributed by atoms with Crippen molar-refractivity contribution in [1.29, 1.82) is 0 Å². The first kappa shape index (κ1) is 10.3. The van der Waals surface area contributed by atoms with Gasteiger partial charge in [0.25, 0.3) is 0 Å². The average Bonchev–Trinajstić information content (AvgIpc) is 2.47. The SMILES string of the molecule is Nc1cnc2c(Br)cc(C(F)(F)F)cn12. The number of rotatable bonds is 0. The summed E-state index contributed by atoms with van der Waals surface area (Å²) in [6.07, 6.45) is -2.17. The molecule has 7 heteroatoms. The van der Waals surface area contributed by atoms with E-state index in [-0.39, 0.29) is 10.3 Å². The zero-order valence-electron chi connectivity index (χ0n) is 7.22. The molecule has 2 aromatic heterocycles. The van der Waals surface area contributed by atoms with Crippen molar-refractivity contribution in [2.45, 2.75) is 6.18 Å². The molecule has 0 bridgehead atoms. The molecule has 80 valence electrons. The first-order chi connectivity index (χ1) is 6.89. The Hall–Kier alpha value is -1.24. The largest absolute Gasteiger partial charge is 0.417 e. The molecule has 0 fully saturated rings. The minimum Gasteiger partial charge on any atom is -0.383 e. The Kier molecular flexibility index (Phi) is 2.14. The lowest BCUT2D eigenvalue weighted by molar-refractivity contribution is -0.137. The van der Waals surface area contributed by atoms with Crippen LogP contribution in [0.3, 0.4) is 0 Å². The normalized spacial score (nSPS) is 12.3. The highest BCUT2D eigenvalue weighted by Crippen LogP contribution is 2.32. The van der Waals surface area contributed by atoms with E-state index >= 15 is 0 Å². The molecule has 0 saturated carbocycles. The molecule has 0 aromatic carbocycles. The van der Waals surface area contributed by atoms with Crippen LogP contribution in [-0.2, 0) is 6.18 Å². The third-order valence-corrected chi connectivity index (χ3v) is 2.50. The summed E-state index contributed by atoms with van der Waals surface area (Å²) in [7, 11) is 0. The van der Waals surface area contributed by atoms with Crippen molar-refractivity contribution in [1.82, 2.24) is 9.38 Å². The number of halogens is 4. The second-order valence-electron chi connectivity index (χ2n) is 2.95. The summed E-state index contributed by atoms with van der Waals surface area (Å²) >= 11 is 3.01. The minimum atomic E-state index is -4.40. The summed E-state index contributed by atoms with van der Waals surface area (Å²) in [6.45, 7) is 0. The maximum absolute atomic E-state index is 12.4. The van der Waals surface area contributed by atoms with E-state index in [4.69, 9.17) is 5.73 Å². The van der Waals surface area contributed by atoms with Gasteiger partial charge in [0.15, 0.2) is 5.65 Å². The van der Waals surface area contributed by atoms with Crippen LogP contribution in [0.25, 0.3) is 5.65 Å². The molecular formula is C8H5BrF3N3. The van der Waals surface area contributed by atoms with Crippen LogP contribution in [-0.4, -0.2) is 9.38 Å². The molecular weight excluding hydrogens is 275 g/mol. The molecule has 15 heavy (non-hydrogen) atoms. The number of hydrogen-bond acceptors (Lipinski definition) is 2. The maximum Gasteiger partial charge on any atom is 0.417 e. The Balaban J connectivity index is 2.76. The van der Waals surface area contributed by atoms with Crippen LogP contribution in [0.1, 0.15) is 5.56 Å². The predicted molar refractivity (Wildman–Crippen MR) is 52.3 cm³/mol. The fraction of sp³-hybridized carbons (Fsp3) is 0.125. The summed E-state index contributed by atoms with van der Waals surface area (Å²) in [5.41, 5.74) is 5.06. The number of hydrogen-bond donors (Lipinski definition) is 1. The molecule has 0 amide bonds. The number of nitrogens with two attached hydrogens (primary N) is 1. The third-order valence-electron chi connectivity index (χ3n) is 1.92. The van der Waals surface area contributed by atoms with Gasteiger partial charge in [-0.25, -0.2) is 4.98 Å². The molecule has 2 rings (SSSR count). The molecule has 0 aliphatic carbocycles. The lowest BCUT2D eigenvalue weighted by atomic mass is 10.3. The van der Waals surface area contributed by atoms with E-state index in [0.717, 1.165) is 12.3 Å². The quantitative estimate of drug-likeness (QED) is 0.806. The predicted octanol–water partition coefficient (Wildman–Crippen LogP) is 2.70. The van der Waals surface area contributed by atoms with Crippen molar-refractivity contribution in [3.05, 3.63) is 28.5 Å². The maximum atomic E-state index is 12.4. The standard InChI is InChI=1S/C8H5BrF3N3/c9-5-1-4(8(10,11)12)3-15-6(13)2-14-7(5)15/h1-3H,13H2. The van der Waals surface area contributed by atoms with Crippen molar-refractivity contribution in [3.63, 3.8) is 0 Å². The highest BCUT2D eigenvalue weighted by atomic mass is 79.9. The molecule has 0 unspecified atom stereocenters. The highest BCUT2D eigenvalue weighted by molar-refractivity contribution is 9.10. The summed E-state index contributed by atoms with van der Waals surface area (Å²) in [4.78, 5) is 3.86. The topological polar surface area (TPSA) is 43.3 Å². The second kappa shape index (κ2) is 3.13. The van der Waals surface area contributed by atoms with Gasteiger partial charge in [-0.05, 0) is 22.0 Å². The van der Waals surface area contributed by atoms with Gasteiger partial charge in [0.05, 0.1) is 16.2 Å². The first-order valence-corrected chi connectivity index (χ1v) is 4.68. The smallest absolute Gasteiger partial charge is 0.383 e. The van der Waals surface area contributed by atoms with E-state index in [1.165, 1.54) is 10.6 Å². The van der Waals surface area contributed by atoms with Gasteiger partial charge < -0.3 is 5.73 Å². The number of pyridine rings is 1. The monoisotopic (exact) mass is 279 g/mol. The molecule has 0 aliphatic heterocycles. The van der Waals surface area contributed by atoms with Crippen LogP contribution in [0.2, 0.25) is 0 Å². The number of aromatic nitrogens is 2. The van der Waals surface area contributed by atoms with Crippen LogP contribution in [0, 0.1) is 0 Å². The summed E-state index contributed by atoms with van der Waals surface area (Å²) in [5.74, 6) is 0.164. The van der Waals surface area contributed by atoms with Crippen molar-refractivity contribution >= 4 is 27.4 Å². The van der Waals surface area contributed by atoms with Crippen LogP contribution in [0.5, 0.6) is 0 Å². The number of nitrogens with zero attached hydrogens (tertiary/aromatic N) is 2. The van der Waals surface area contributed by atoms with Gasteiger partial charge in [-0.3, -0.25) is 4.40 Å². The molecule has 2 N–H and O–H groups in total. The molecule has 0 aliphatic rings. The zero-order valence-corrected chi connectivity index (χ0v) is 8.80. The Labute approximate surface area is 90.8 Å². The van der Waals surface area contributed by atoms with Gasteiger partial charge in [0.1, 0.15) is 5.82 Å². The summed E-state index contributed by atoms with van der Waals surface area (Å²) < 4.78 is 38.8. The second-order valence-corrected chi connectivity index (χ2v) is 3.81. The fourth-order valence-corrected chi connectivity index (χ4v) is 1.76. The zero-order chi connectivity index (χ0) is 11.2. The average molecular weight is 280 g/mol. The minimum absolute atomic E-state index is 0.164. The Morgan fingerprint density at radius 2 is 2.07 bits per heavy atom. The number of nitrogen functional groups attached to an aromatic ring is 1. The molecule has 2 heterocycles. The number of imidazole rings is 1. The molecule has 0 atom stereocenters. The molecule has 0 saturated heterocycles. The first-order valence-electron chi connectivity index (χ1n) is 3.89. The Morgan fingerprint density at radius 3 is 2.67 bits per heavy atom. The lowest BCUT2D eigenvalue weighted by Gasteiger charge is -2.08. The molecule has 3 nitrogen and oxygen atoms in total. The Bertz CT molecular complexity index is 518. The third kappa shape index (κ3) is 1.67. The van der Waals surface area contributed by atoms with Crippen molar-refractivity contribution < 1.29 is 13.2 Å². The van der Waals surface area contributed by atoms with Crippen LogP contribution in [0.4, 0.5) is 19.0 Å². The van der Waals surface area contributed by atoms with Gasteiger partial charge in [0.2, 0.25) is 0 Å². The van der Waals surface area contributed by atoms with Gasteiger partial charge >= 0.3 is 6.18 Å². The summed E-state index contributed by atoms with van der Waals surface area (Å²) in [5, 5.41) is 0. The molecule has 2 aromatic rings. The highest BCUT2D eigenvalue weighted by Gasteiger charge is 2.31. The van der Waals surface area contributed by atoms with Crippen LogP contribution >= 0.6 is 15.9 Å². The van der Waals surface area contributed by atoms with E-state index < -0.39 is 11.7 Å². The van der Waals surface area contributed by atoms with Crippen LogP contribution < -0.4 is 5.73 Å². The number of alkyl halides is 3. The lowest BCUT2D eigenvalue weighted by Crippen LogP contribution is -2.07. The van der Waals surface area contributed by atoms with E-state index in [1.807, 2.05) is 0 Å². The van der Waals surface area contributed by atoms with E-state index in [1.54, 1.807) is 0 Å². The Morgan fingerprint density at radius 1 is 1.40 bits per heavy atom. The van der Waals surface area contributed by atoms with E-state index in [2.05, 4.69) is 20.9 Å². The van der Waals surface area contributed by atoms with Crippen LogP contribution in [0.15, 0.2) is 22.9 Å². The van der Waals surface area contributed by atoms with Crippen molar-refractivity contribution in [2.75, 3.05) is 5.73 Å². The number of anilines is 1. The van der Waals surface area contributed by atoms with E-state index in [9.17, 15) is 13.2 Å². The van der Waals surface area contributed by atoms with Gasteiger partial charge in [0, 0.05) is 6.20 Å². The van der Waals surface area contributed by atoms with Gasteiger partial charge in [-0.1, -0.05) is 0 Å². The van der Waals surface area contributed by atoms with Gasteiger partial charge in [-0.15, -0.1) is 0 Å². The van der Waals surface area contributed by atoms with Crippen molar-refractivity contribution in [2.24, 2.45) is 0 Å². The van der Waals surface area contributed by atoms with Gasteiger partial charge in [-0.2, -0.15) is 13.2 Å². The van der Waals surface area contributed by atoms with Crippen molar-refractivity contribution in [3.8, 4) is 0 Å². The molecule has 0 spiro atoms.